The maximum Gasteiger partial charge on any atom is 0.534 e. The largest absolute Gasteiger partial charge is 0.534 e. The van der Waals surface area contributed by atoms with Gasteiger partial charge < -0.3 is 44.6 Å². The van der Waals surface area contributed by atoms with Gasteiger partial charge in [-0.25, -0.2) is 13.6 Å². The number of amides is 1. The lowest BCUT2D eigenvalue weighted by Crippen LogP contribution is -2.42. The number of ether oxygens (including phenoxy) is 1. The van der Waals surface area contributed by atoms with Crippen LogP contribution in [0, 0.1) is 37.3 Å². The number of nitrogens with two attached hydrogens (primary N) is 2. The van der Waals surface area contributed by atoms with E-state index in [-0.39, 0.29) is 63.6 Å². The molecule has 2 saturated heterocycles. The molecule has 8 rings (SSSR count). The van der Waals surface area contributed by atoms with E-state index in [0.29, 0.717) is 61.1 Å². The molecule has 5 N–H and O–H groups in total. The van der Waals surface area contributed by atoms with Crippen LogP contribution in [-0.4, -0.2) is 73.0 Å². The van der Waals surface area contributed by atoms with Crippen LogP contribution < -0.4 is 41.9 Å². The summed E-state index contributed by atoms with van der Waals surface area (Å²) in [5.41, 5.74) is 7.91. The third kappa shape index (κ3) is 9.35. The number of nitrogens with one attached hydrogen (secondary N) is 1. The molecule has 20 heteroatoms. The van der Waals surface area contributed by atoms with Gasteiger partial charge in [-0.15, -0.1) is 0 Å². The molecule has 4 heterocycles. The number of aryl methyl sites for hydroxylation is 2. The fourth-order valence-electron chi connectivity index (χ4n) is 9.13. The van der Waals surface area contributed by atoms with Crippen molar-refractivity contribution in [2.45, 2.75) is 122 Å². The number of alkyl carbamates (subject to hydrolysis) is 1. The highest BCUT2D eigenvalue weighted by molar-refractivity contribution is 7.88. The molecule has 2 aromatic heterocycles. The summed E-state index contributed by atoms with van der Waals surface area (Å²) in [6, 6.07) is 4.23. The van der Waals surface area contributed by atoms with Crippen LogP contribution in [0.4, 0.5) is 43.8 Å². The summed E-state index contributed by atoms with van der Waals surface area (Å²) in [4.78, 5) is 41.5. The van der Waals surface area contributed by atoms with E-state index in [0.717, 1.165) is 49.5 Å². The molecule has 14 nitrogen and oxygen atoms in total. The first-order valence-corrected chi connectivity index (χ1v) is 23.0. The maximum absolute atomic E-state index is 15.6. The van der Waals surface area contributed by atoms with Crippen molar-refractivity contribution in [2.24, 2.45) is 17.6 Å². The van der Waals surface area contributed by atoms with Crippen LogP contribution in [0.2, 0.25) is 0 Å². The Balaban J connectivity index is 0.000000210. The zero-order valence-corrected chi connectivity index (χ0v) is 37.8. The summed E-state index contributed by atoms with van der Waals surface area (Å²) >= 11 is 0. The van der Waals surface area contributed by atoms with Gasteiger partial charge in [0.05, 0.1) is 22.4 Å². The van der Waals surface area contributed by atoms with Crippen molar-refractivity contribution < 1.29 is 44.1 Å². The van der Waals surface area contributed by atoms with Crippen molar-refractivity contribution in [3.05, 3.63) is 67.7 Å². The van der Waals surface area contributed by atoms with Crippen molar-refractivity contribution >= 4 is 55.1 Å². The molecule has 4 aliphatic rings. The lowest BCUT2D eigenvalue weighted by atomic mass is 10.0. The zero-order valence-electron chi connectivity index (χ0n) is 36.9. The quantitative estimate of drug-likeness (QED) is 0.0871. The van der Waals surface area contributed by atoms with Gasteiger partial charge in [0.25, 0.3) is 11.1 Å². The predicted octanol–water partition coefficient (Wildman–Crippen LogP) is 7.29. The van der Waals surface area contributed by atoms with E-state index < -0.39 is 44.4 Å². The zero-order chi connectivity index (χ0) is 47.0. The molecule has 0 radical (unpaired) electrons. The number of hydrogen-bond acceptors (Lipinski definition) is 11. The summed E-state index contributed by atoms with van der Waals surface area (Å²) in [6.45, 7) is 14.8. The average molecular weight is 922 g/mol. The van der Waals surface area contributed by atoms with Crippen molar-refractivity contribution in [1.29, 1.82) is 0 Å². The molecule has 2 aliphatic carbocycles. The highest BCUT2D eigenvalue weighted by atomic mass is 32.2. The van der Waals surface area contributed by atoms with Gasteiger partial charge in [0.1, 0.15) is 17.2 Å². The fourth-order valence-corrected chi connectivity index (χ4v) is 9.60. The first-order chi connectivity index (χ1) is 29.8. The van der Waals surface area contributed by atoms with Gasteiger partial charge in [-0.3, -0.25) is 9.59 Å². The highest BCUT2D eigenvalue weighted by Crippen LogP contribution is 2.44. The lowest BCUT2D eigenvalue weighted by Gasteiger charge is -2.27. The Morgan fingerprint density at radius 1 is 0.781 bits per heavy atom. The predicted molar refractivity (Wildman–Crippen MR) is 235 cm³/mol. The van der Waals surface area contributed by atoms with Gasteiger partial charge in [-0.2, -0.15) is 21.6 Å². The minimum atomic E-state index is -6.09. The first-order valence-electron chi connectivity index (χ1n) is 21.6. The Labute approximate surface area is 367 Å². The van der Waals surface area contributed by atoms with E-state index in [4.69, 9.17) is 16.2 Å². The smallest absolute Gasteiger partial charge is 0.444 e. The third-order valence-corrected chi connectivity index (χ3v) is 13.5. The second-order valence-corrected chi connectivity index (χ2v) is 20.2. The molecule has 2 saturated carbocycles. The van der Waals surface area contributed by atoms with E-state index in [9.17, 15) is 40.4 Å². The topological polar surface area (TPSA) is 184 Å². The van der Waals surface area contributed by atoms with Crippen LogP contribution in [0.3, 0.4) is 0 Å². The molecule has 350 valence electrons. The molecule has 2 aromatic carbocycles. The molecule has 1 amide bonds. The molecule has 2 aliphatic heterocycles. The molecule has 4 fully saturated rings. The third-order valence-electron chi connectivity index (χ3n) is 12.6. The van der Waals surface area contributed by atoms with E-state index >= 15 is 4.39 Å². The normalized spacial score (nSPS) is 20.3. The Hall–Kier alpha value is -5.11. The number of hydrogen-bond donors (Lipinski definition) is 3. The number of pyridine rings is 2. The Morgan fingerprint density at radius 2 is 1.25 bits per heavy atom. The second-order valence-electron chi connectivity index (χ2n) is 18.7. The molecular formula is C44H56F5N7O7S. The summed E-state index contributed by atoms with van der Waals surface area (Å²) in [5, 5.41) is 3.18. The van der Waals surface area contributed by atoms with Gasteiger partial charge in [0.2, 0.25) is 0 Å². The van der Waals surface area contributed by atoms with Crippen molar-refractivity contribution in [2.75, 3.05) is 41.7 Å². The number of benzene rings is 2. The Morgan fingerprint density at radius 3 is 1.72 bits per heavy atom. The molecule has 4 atom stereocenters. The van der Waals surface area contributed by atoms with E-state index in [1.165, 1.54) is 23.6 Å². The molecule has 0 bridgehead atoms. The molecule has 64 heavy (non-hydrogen) atoms. The molecule has 0 spiro atoms. The number of nitrogen functional groups attached to an aromatic ring is 1. The second kappa shape index (κ2) is 17.0. The number of halogens is 5. The molecule has 0 unspecified atom stereocenters. The van der Waals surface area contributed by atoms with Gasteiger partial charge in [-0.1, -0.05) is 0 Å². The highest BCUT2D eigenvalue weighted by Gasteiger charge is 2.49. The number of nitrogens with zero attached hydrogens (tertiary/aromatic N) is 4. The van der Waals surface area contributed by atoms with E-state index in [2.05, 4.69) is 14.4 Å². The van der Waals surface area contributed by atoms with Crippen LogP contribution in [0.25, 0.3) is 21.8 Å². The summed E-state index contributed by atoms with van der Waals surface area (Å²) < 4.78 is 106. The van der Waals surface area contributed by atoms with E-state index in [1.807, 2.05) is 25.3 Å². The Bertz CT molecular complexity index is 2730. The number of alkyl halides is 3. The fraction of sp³-hybridized carbons (Fsp3) is 0.568. The summed E-state index contributed by atoms with van der Waals surface area (Å²) in [6.07, 6.45) is 4.25. The number of carbonyl (C=O) groups excluding carboxylic acids is 1. The van der Waals surface area contributed by atoms with Crippen LogP contribution in [0.15, 0.2) is 33.9 Å². The van der Waals surface area contributed by atoms with Gasteiger partial charge >= 0.3 is 21.7 Å². The summed E-state index contributed by atoms with van der Waals surface area (Å²) in [7, 11) is -6.09. The SMILES string of the molecule is Cc1c(N2CC[C@@H]([C@H](C)N)C2)c(F)cc2c(N)cc(=O)n(C3CC3)c12.Cc1c(N2CC[C@@H]([C@H](C)NC(=O)OC(C)(C)C)C2)c(F)cc2c(OS(=O)(=O)C(F)(F)F)cc(=O)n(C3CC3)c12. The molecular weight excluding hydrogens is 866 g/mol. The number of anilines is 3. The monoisotopic (exact) mass is 921 g/mol. The minimum Gasteiger partial charge on any atom is -0.444 e. The number of aromatic nitrogens is 2. The minimum absolute atomic E-state index is 0.0655. The first kappa shape index (κ1) is 46.9. The lowest BCUT2D eigenvalue weighted by molar-refractivity contribution is -0.0499. The van der Waals surface area contributed by atoms with Gasteiger partial charge in [-0.05, 0) is 122 Å². The number of carbonyl (C=O) groups is 1. The van der Waals surface area contributed by atoms with Gasteiger partial charge in [0.15, 0.2) is 5.75 Å². The number of fused-ring (bicyclic) bond motifs is 2. The van der Waals surface area contributed by atoms with Crippen molar-refractivity contribution in [1.82, 2.24) is 14.5 Å². The van der Waals surface area contributed by atoms with Crippen LogP contribution in [-0.2, 0) is 14.9 Å². The Kier molecular flexibility index (Phi) is 12.5. The van der Waals surface area contributed by atoms with E-state index in [1.54, 1.807) is 25.7 Å². The van der Waals surface area contributed by atoms with Crippen LogP contribution in [0.1, 0.15) is 96.4 Å². The van der Waals surface area contributed by atoms with Crippen LogP contribution in [0.5, 0.6) is 5.75 Å². The number of rotatable bonds is 9. The van der Waals surface area contributed by atoms with Crippen LogP contribution >= 0.6 is 0 Å². The molecule has 4 aromatic rings. The maximum atomic E-state index is 15.6. The van der Waals surface area contributed by atoms with Crippen molar-refractivity contribution in [3.8, 4) is 5.75 Å². The average Bonchev–Trinajstić information content (AvgIpc) is 4.09. The van der Waals surface area contributed by atoms with Gasteiger partial charge in [0, 0.05) is 78.9 Å². The van der Waals surface area contributed by atoms with Crippen molar-refractivity contribution in [3.63, 3.8) is 0 Å². The standard InChI is InChI=1S/C25H31F4N3O6S.C19H25FN4O/c1-13-21-17(19(38-39(35,36)25(27,28)29)11-20(33)32(21)16-6-7-16)10-18(26)22(13)31-9-8-15(12-31)14(2)30-23(34)37-24(3,4)5;1-10-18-14(16(22)8-17(25)24(18)13-3-4-13)7-15(20)19(10)23-6-5-12(9-23)11(2)21/h10-11,14-16H,6-9,12H2,1-5H3,(H,30,34);7-8,11-13H,3-6,9,21-22H2,1-2H3/t14-,15+;11-,12+/m00/s1. The summed E-state index contributed by atoms with van der Waals surface area (Å²) in [5.74, 6) is -1.66.